The van der Waals surface area contributed by atoms with E-state index in [0.717, 1.165) is 10.0 Å². The topological polar surface area (TPSA) is 26.3 Å². The lowest BCUT2D eigenvalue weighted by Crippen LogP contribution is -2.37. The van der Waals surface area contributed by atoms with Gasteiger partial charge in [0.2, 0.25) is 0 Å². The summed E-state index contributed by atoms with van der Waals surface area (Å²) in [6, 6.07) is 0. The summed E-state index contributed by atoms with van der Waals surface area (Å²) >= 11 is 4.89. The molecule has 0 aromatic carbocycles. The van der Waals surface area contributed by atoms with Gasteiger partial charge >= 0.3 is 0 Å². The van der Waals surface area contributed by atoms with Crippen molar-refractivity contribution in [1.82, 2.24) is 0 Å². The summed E-state index contributed by atoms with van der Waals surface area (Å²) in [7, 11) is 0. The van der Waals surface area contributed by atoms with Gasteiger partial charge in [0.25, 0.3) is 0 Å². The molecule has 1 unspecified atom stereocenters. The van der Waals surface area contributed by atoms with Gasteiger partial charge in [0, 0.05) is 27.4 Å². The molecular weight excluding hydrogens is 276 g/mol. The second kappa shape index (κ2) is 5.23. The van der Waals surface area contributed by atoms with Crippen molar-refractivity contribution < 1.29 is 9.53 Å². The average Bonchev–Trinajstić information content (AvgIpc) is 2.63. The van der Waals surface area contributed by atoms with Gasteiger partial charge in [0.05, 0.1) is 0 Å². The highest BCUT2D eigenvalue weighted by atomic mass is 79.9. The number of halogens is 1. The molecule has 1 aromatic heterocycles. The summed E-state index contributed by atoms with van der Waals surface area (Å²) in [5.41, 5.74) is 0.0241. The molecule has 2 nitrogen and oxygen atoms in total. The highest BCUT2D eigenvalue weighted by molar-refractivity contribution is 9.10. The lowest BCUT2D eigenvalue weighted by atomic mass is 9.93. The van der Waals surface area contributed by atoms with E-state index in [9.17, 15) is 4.79 Å². The fraction of sp³-hybridized carbons (Fsp3) is 0.545. The number of hydrogen-bond donors (Lipinski definition) is 0. The number of carbonyl (C=O) groups is 1. The second-order valence-electron chi connectivity index (χ2n) is 3.48. The first-order valence-electron chi connectivity index (χ1n) is 4.95. The molecule has 1 aromatic rings. The normalized spacial score (nSPS) is 14.9. The Morgan fingerprint density at radius 1 is 1.53 bits per heavy atom. The van der Waals surface area contributed by atoms with Crippen molar-refractivity contribution in [3.8, 4) is 0 Å². The minimum Gasteiger partial charge on any atom is -0.367 e. The largest absolute Gasteiger partial charge is 0.367 e. The summed E-state index contributed by atoms with van der Waals surface area (Å²) < 4.78 is 6.41. The van der Waals surface area contributed by atoms with Gasteiger partial charge in [-0.25, -0.2) is 0 Å². The lowest BCUT2D eigenvalue weighted by molar-refractivity contribution is -0.0116. The number of ether oxygens (including phenoxy) is 1. The first-order valence-corrected chi connectivity index (χ1v) is 6.69. The van der Waals surface area contributed by atoms with E-state index in [1.165, 1.54) is 11.3 Å². The van der Waals surface area contributed by atoms with Gasteiger partial charge in [-0.1, -0.05) is 6.92 Å². The van der Waals surface area contributed by atoms with E-state index < -0.39 is 5.60 Å². The van der Waals surface area contributed by atoms with Gasteiger partial charge in [-0.3, -0.25) is 4.79 Å². The van der Waals surface area contributed by atoms with Crippen LogP contribution < -0.4 is 0 Å². The third-order valence-corrected chi connectivity index (χ3v) is 4.18. The molecule has 0 saturated heterocycles. The quantitative estimate of drug-likeness (QED) is 0.769. The Morgan fingerprint density at radius 2 is 2.20 bits per heavy atom. The molecule has 1 rings (SSSR count). The van der Waals surface area contributed by atoms with E-state index in [2.05, 4.69) is 15.9 Å². The lowest BCUT2D eigenvalue weighted by Gasteiger charge is -2.26. The summed E-state index contributed by atoms with van der Waals surface area (Å²) in [4.78, 5) is 12.2. The first kappa shape index (κ1) is 12.9. The van der Waals surface area contributed by atoms with Crippen molar-refractivity contribution in [2.45, 2.75) is 32.8 Å². The summed E-state index contributed by atoms with van der Waals surface area (Å²) in [6.45, 7) is 6.28. The van der Waals surface area contributed by atoms with Gasteiger partial charge in [-0.2, -0.15) is 11.3 Å². The minimum atomic E-state index is -0.696. The smallest absolute Gasteiger partial charge is 0.196 e. The van der Waals surface area contributed by atoms with E-state index in [1.54, 1.807) is 0 Å². The third kappa shape index (κ3) is 2.68. The van der Waals surface area contributed by atoms with Crippen LogP contribution in [-0.2, 0) is 4.74 Å². The Labute approximate surface area is 103 Å². The van der Waals surface area contributed by atoms with Gasteiger partial charge < -0.3 is 4.74 Å². The molecule has 0 N–H and O–H groups in total. The third-order valence-electron chi connectivity index (χ3n) is 2.48. The molecule has 0 bridgehead atoms. The Hall–Kier alpha value is -0.190. The summed E-state index contributed by atoms with van der Waals surface area (Å²) in [5, 5.41) is 3.77. The molecule has 84 valence electrons. The Balaban J connectivity index is 2.96. The van der Waals surface area contributed by atoms with Crippen molar-refractivity contribution in [3.63, 3.8) is 0 Å². The molecule has 0 aliphatic heterocycles. The molecule has 4 heteroatoms. The highest BCUT2D eigenvalue weighted by Crippen LogP contribution is 2.28. The van der Waals surface area contributed by atoms with Crippen LogP contribution in [-0.4, -0.2) is 18.0 Å². The first-order chi connectivity index (χ1) is 7.05. The number of ketones is 1. The number of rotatable bonds is 5. The Bertz CT molecular complexity index is 348. The number of Topliss-reactive ketones (excluding diaryl/α,β-unsaturated/α-hetero) is 1. The zero-order valence-electron chi connectivity index (χ0n) is 9.17. The molecule has 0 radical (unpaired) electrons. The Kier molecular flexibility index (Phi) is 4.49. The minimum absolute atomic E-state index is 0.0555. The fourth-order valence-corrected chi connectivity index (χ4v) is 2.83. The van der Waals surface area contributed by atoms with E-state index in [0.29, 0.717) is 13.0 Å². The van der Waals surface area contributed by atoms with Crippen molar-refractivity contribution in [1.29, 1.82) is 0 Å². The fourth-order valence-electron chi connectivity index (χ4n) is 1.38. The van der Waals surface area contributed by atoms with Crippen LogP contribution in [0.5, 0.6) is 0 Å². The molecule has 0 aliphatic carbocycles. The van der Waals surface area contributed by atoms with Crippen LogP contribution in [0, 0.1) is 0 Å². The van der Waals surface area contributed by atoms with E-state index in [4.69, 9.17) is 4.74 Å². The molecule has 1 heterocycles. The number of thiophene rings is 1. The average molecular weight is 291 g/mol. The zero-order valence-corrected chi connectivity index (χ0v) is 11.6. The molecule has 0 fully saturated rings. The second-order valence-corrected chi connectivity index (χ2v) is 5.08. The molecule has 15 heavy (non-hydrogen) atoms. The van der Waals surface area contributed by atoms with E-state index in [1.807, 2.05) is 31.5 Å². The molecule has 0 amide bonds. The molecular formula is C11H15BrO2S. The zero-order chi connectivity index (χ0) is 11.5. The molecule has 0 aliphatic rings. The van der Waals surface area contributed by atoms with Crippen LogP contribution in [0.2, 0.25) is 0 Å². The molecule has 0 spiro atoms. The van der Waals surface area contributed by atoms with Gasteiger partial charge in [0.1, 0.15) is 5.60 Å². The van der Waals surface area contributed by atoms with Gasteiger partial charge in [-0.15, -0.1) is 0 Å². The van der Waals surface area contributed by atoms with E-state index >= 15 is 0 Å². The Morgan fingerprint density at radius 3 is 2.60 bits per heavy atom. The van der Waals surface area contributed by atoms with Crippen molar-refractivity contribution in [3.05, 3.63) is 20.8 Å². The SMILES string of the molecule is CCOC(C)(CC)C(=O)c1cscc1Br. The highest BCUT2D eigenvalue weighted by Gasteiger charge is 2.33. The number of carbonyl (C=O) groups excluding carboxylic acids is 1. The number of hydrogen-bond acceptors (Lipinski definition) is 3. The van der Waals surface area contributed by atoms with Crippen molar-refractivity contribution in [2.24, 2.45) is 0 Å². The van der Waals surface area contributed by atoms with Crippen LogP contribution in [0.4, 0.5) is 0 Å². The predicted molar refractivity (Wildman–Crippen MR) is 66.7 cm³/mol. The van der Waals surface area contributed by atoms with Gasteiger partial charge in [0.15, 0.2) is 5.78 Å². The summed E-state index contributed by atoms with van der Waals surface area (Å²) in [5.74, 6) is 0.0555. The van der Waals surface area contributed by atoms with Gasteiger partial charge in [-0.05, 0) is 36.2 Å². The molecule has 1 atom stereocenters. The van der Waals surface area contributed by atoms with Crippen LogP contribution in [0.3, 0.4) is 0 Å². The molecule has 0 saturated carbocycles. The van der Waals surface area contributed by atoms with Crippen LogP contribution in [0.25, 0.3) is 0 Å². The maximum Gasteiger partial charge on any atom is 0.196 e. The maximum atomic E-state index is 12.2. The maximum absolute atomic E-state index is 12.2. The summed E-state index contributed by atoms with van der Waals surface area (Å²) in [6.07, 6.45) is 0.682. The van der Waals surface area contributed by atoms with Crippen LogP contribution in [0.1, 0.15) is 37.6 Å². The van der Waals surface area contributed by atoms with Crippen molar-refractivity contribution >= 4 is 33.0 Å². The standard InChI is InChI=1S/C11H15BrO2S/c1-4-11(3,14-5-2)10(13)8-6-15-7-9(8)12/h6-7H,4-5H2,1-3H3. The monoisotopic (exact) mass is 290 g/mol. The predicted octanol–water partition coefficient (Wildman–Crippen LogP) is 3.90. The van der Waals surface area contributed by atoms with E-state index in [-0.39, 0.29) is 5.78 Å². The van der Waals surface area contributed by atoms with Crippen LogP contribution >= 0.6 is 27.3 Å². The van der Waals surface area contributed by atoms with Crippen LogP contribution in [0.15, 0.2) is 15.2 Å². The van der Waals surface area contributed by atoms with Crippen molar-refractivity contribution in [2.75, 3.05) is 6.61 Å².